The van der Waals surface area contributed by atoms with Gasteiger partial charge in [-0.1, -0.05) is 0 Å². The average molecular weight is 259 g/mol. The summed E-state index contributed by atoms with van der Waals surface area (Å²) in [4.78, 5) is 16.4. The molecule has 1 aliphatic rings. The van der Waals surface area contributed by atoms with Crippen LogP contribution in [-0.2, 0) is 7.05 Å². The van der Waals surface area contributed by atoms with Crippen LogP contribution < -0.4 is 5.32 Å². The monoisotopic (exact) mass is 259 g/mol. The SMILES string of the molecule is C[C@@H](NC(=O)c1cccn1C1CC1)c1ncnn1C. The molecular weight excluding hydrogens is 242 g/mol. The first-order chi connectivity index (χ1) is 9.16. The van der Waals surface area contributed by atoms with Crippen molar-refractivity contribution in [2.75, 3.05) is 0 Å². The third kappa shape index (κ3) is 2.25. The Hall–Kier alpha value is -2.11. The van der Waals surface area contributed by atoms with Crippen LogP contribution in [0.1, 0.15) is 48.2 Å². The van der Waals surface area contributed by atoms with Crippen LogP contribution >= 0.6 is 0 Å². The maximum atomic E-state index is 12.3. The molecule has 2 aromatic rings. The normalized spacial score (nSPS) is 16.3. The molecule has 1 saturated carbocycles. The molecule has 0 saturated heterocycles. The van der Waals surface area contributed by atoms with Gasteiger partial charge in [0.2, 0.25) is 0 Å². The van der Waals surface area contributed by atoms with Crippen molar-refractivity contribution in [2.45, 2.75) is 31.8 Å². The molecular formula is C13H17N5O. The van der Waals surface area contributed by atoms with E-state index in [1.54, 1.807) is 4.68 Å². The van der Waals surface area contributed by atoms with Gasteiger partial charge in [-0.05, 0) is 31.9 Å². The zero-order valence-corrected chi connectivity index (χ0v) is 11.1. The van der Waals surface area contributed by atoms with Crippen LogP contribution in [0.25, 0.3) is 0 Å². The summed E-state index contributed by atoms with van der Waals surface area (Å²) >= 11 is 0. The van der Waals surface area contributed by atoms with Crippen LogP contribution in [0.3, 0.4) is 0 Å². The van der Waals surface area contributed by atoms with Gasteiger partial charge >= 0.3 is 0 Å². The number of nitrogens with zero attached hydrogens (tertiary/aromatic N) is 4. The molecule has 6 nitrogen and oxygen atoms in total. The van der Waals surface area contributed by atoms with E-state index >= 15 is 0 Å². The fourth-order valence-electron chi connectivity index (χ4n) is 2.29. The summed E-state index contributed by atoms with van der Waals surface area (Å²) in [5.74, 6) is 0.685. The lowest BCUT2D eigenvalue weighted by Crippen LogP contribution is -2.30. The third-order valence-electron chi connectivity index (χ3n) is 3.43. The highest BCUT2D eigenvalue weighted by Gasteiger charge is 2.27. The molecule has 100 valence electrons. The standard InChI is InChI=1S/C13H17N5O/c1-9(12-14-8-15-17(12)2)16-13(19)11-4-3-7-18(11)10-5-6-10/h3-4,7-10H,5-6H2,1-2H3,(H,16,19)/t9-/m1/s1. The van der Waals surface area contributed by atoms with Gasteiger partial charge < -0.3 is 9.88 Å². The number of carbonyl (C=O) groups is 1. The first-order valence-electron chi connectivity index (χ1n) is 6.48. The Bertz CT molecular complexity index is 596. The summed E-state index contributed by atoms with van der Waals surface area (Å²) in [6, 6.07) is 4.11. The molecule has 1 aliphatic carbocycles. The summed E-state index contributed by atoms with van der Waals surface area (Å²) in [6.45, 7) is 1.91. The summed E-state index contributed by atoms with van der Waals surface area (Å²) in [5.41, 5.74) is 0.719. The smallest absolute Gasteiger partial charge is 0.268 e. The van der Waals surface area contributed by atoms with Crippen molar-refractivity contribution < 1.29 is 4.79 Å². The van der Waals surface area contributed by atoms with Crippen molar-refractivity contribution >= 4 is 5.91 Å². The fraction of sp³-hybridized carbons (Fsp3) is 0.462. The van der Waals surface area contributed by atoms with E-state index in [2.05, 4.69) is 20.0 Å². The average Bonchev–Trinajstić information content (AvgIpc) is 2.94. The van der Waals surface area contributed by atoms with Crippen molar-refractivity contribution in [1.82, 2.24) is 24.6 Å². The van der Waals surface area contributed by atoms with E-state index in [9.17, 15) is 4.79 Å². The second kappa shape index (κ2) is 4.53. The predicted octanol–water partition coefficient (Wildman–Crippen LogP) is 1.44. The maximum absolute atomic E-state index is 12.3. The molecule has 2 heterocycles. The number of hydrogen-bond acceptors (Lipinski definition) is 3. The van der Waals surface area contributed by atoms with Crippen molar-refractivity contribution in [1.29, 1.82) is 0 Å². The minimum absolute atomic E-state index is 0.0626. The van der Waals surface area contributed by atoms with Crippen LogP contribution in [-0.4, -0.2) is 25.2 Å². The molecule has 19 heavy (non-hydrogen) atoms. The highest BCUT2D eigenvalue weighted by atomic mass is 16.2. The highest BCUT2D eigenvalue weighted by molar-refractivity contribution is 5.93. The van der Waals surface area contributed by atoms with Gasteiger partial charge in [0, 0.05) is 19.3 Å². The fourth-order valence-corrected chi connectivity index (χ4v) is 2.29. The first-order valence-corrected chi connectivity index (χ1v) is 6.48. The van der Waals surface area contributed by atoms with E-state index in [0.717, 1.165) is 24.4 Å². The lowest BCUT2D eigenvalue weighted by atomic mass is 10.3. The Morgan fingerprint density at radius 3 is 2.95 bits per heavy atom. The first kappa shape index (κ1) is 12.0. The molecule has 0 spiro atoms. The Morgan fingerprint density at radius 2 is 2.32 bits per heavy atom. The van der Waals surface area contributed by atoms with Crippen molar-refractivity contribution in [3.63, 3.8) is 0 Å². The van der Waals surface area contributed by atoms with Gasteiger partial charge in [0.25, 0.3) is 5.91 Å². The van der Waals surface area contributed by atoms with Gasteiger partial charge in [-0.3, -0.25) is 9.48 Å². The highest BCUT2D eigenvalue weighted by Crippen LogP contribution is 2.36. The predicted molar refractivity (Wildman–Crippen MR) is 69.6 cm³/mol. The van der Waals surface area contributed by atoms with E-state index in [-0.39, 0.29) is 11.9 Å². The molecule has 0 aliphatic heterocycles. The van der Waals surface area contributed by atoms with E-state index in [4.69, 9.17) is 0 Å². The lowest BCUT2D eigenvalue weighted by molar-refractivity contribution is 0.0928. The van der Waals surface area contributed by atoms with Crippen LogP contribution in [0.4, 0.5) is 0 Å². The van der Waals surface area contributed by atoms with Gasteiger partial charge in [0.15, 0.2) is 0 Å². The zero-order chi connectivity index (χ0) is 13.4. The Labute approximate surface area is 111 Å². The number of nitrogens with one attached hydrogen (secondary N) is 1. The van der Waals surface area contributed by atoms with Crippen LogP contribution in [0.2, 0.25) is 0 Å². The third-order valence-corrected chi connectivity index (χ3v) is 3.43. The Kier molecular flexibility index (Phi) is 2.85. The molecule has 2 aromatic heterocycles. The number of carbonyl (C=O) groups excluding carboxylic acids is 1. The Morgan fingerprint density at radius 1 is 1.53 bits per heavy atom. The molecule has 6 heteroatoms. The lowest BCUT2D eigenvalue weighted by Gasteiger charge is -2.14. The number of amides is 1. The summed E-state index contributed by atoms with van der Waals surface area (Å²) in [5, 5.41) is 6.98. The summed E-state index contributed by atoms with van der Waals surface area (Å²) < 4.78 is 3.73. The number of aromatic nitrogens is 4. The largest absolute Gasteiger partial charge is 0.341 e. The minimum Gasteiger partial charge on any atom is -0.341 e. The summed E-state index contributed by atoms with van der Waals surface area (Å²) in [6.07, 6.45) is 5.78. The molecule has 1 atom stereocenters. The molecule has 0 unspecified atom stereocenters. The summed E-state index contributed by atoms with van der Waals surface area (Å²) in [7, 11) is 1.82. The van der Waals surface area contributed by atoms with Gasteiger partial charge in [0.05, 0.1) is 6.04 Å². The van der Waals surface area contributed by atoms with Gasteiger partial charge in [0.1, 0.15) is 17.8 Å². The molecule has 1 N–H and O–H groups in total. The van der Waals surface area contributed by atoms with Gasteiger partial charge in [-0.15, -0.1) is 0 Å². The number of rotatable bonds is 4. The molecule has 0 bridgehead atoms. The van der Waals surface area contributed by atoms with E-state index < -0.39 is 0 Å². The van der Waals surface area contributed by atoms with Crippen molar-refractivity contribution in [3.05, 3.63) is 36.2 Å². The van der Waals surface area contributed by atoms with Crippen LogP contribution in [0.5, 0.6) is 0 Å². The van der Waals surface area contributed by atoms with E-state index in [0.29, 0.717) is 6.04 Å². The molecule has 1 fully saturated rings. The molecule has 0 aromatic carbocycles. The van der Waals surface area contributed by atoms with Crippen molar-refractivity contribution in [3.8, 4) is 0 Å². The number of hydrogen-bond donors (Lipinski definition) is 1. The second-order valence-corrected chi connectivity index (χ2v) is 4.97. The van der Waals surface area contributed by atoms with Crippen LogP contribution in [0, 0.1) is 0 Å². The van der Waals surface area contributed by atoms with E-state index in [1.165, 1.54) is 6.33 Å². The van der Waals surface area contributed by atoms with Gasteiger partial charge in [-0.25, -0.2) is 4.98 Å². The van der Waals surface area contributed by atoms with Gasteiger partial charge in [-0.2, -0.15) is 5.10 Å². The number of aryl methyl sites for hydroxylation is 1. The second-order valence-electron chi connectivity index (χ2n) is 4.97. The topological polar surface area (TPSA) is 64.7 Å². The minimum atomic E-state index is -0.164. The molecule has 3 rings (SSSR count). The van der Waals surface area contributed by atoms with Crippen LogP contribution in [0.15, 0.2) is 24.7 Å². The van der Waals surface area contributed by atoms with Crippen molar-refractivity contribution in [2.24, 2.45) is 7.05 Å². The quantitative estimate of drug-likeness (QED) is 0.903. The molecule has 1 amide bonds. The maximum Gasteiger partial charge on any atom is 0.268 e. The molecule has 0 radical (unpaired) electrons. The Balaban J connectivity index is 1.74. The zero-order valence-electron chi connectivity index (χ0n) is 11.1. The van der Waals surface area contributed by atoms with E-state index in [1.807, 2.05) is 32.3 Å².